The van der Waals surface area contributed by atoms with Crippen molar-refractivity contribution in [2.45, 2.75) is 26.4 Å². The minimum absolute atomic E-state index is 0.0362. The first-order valence-electron chi connectivity index (χ1n) is 5.60. The van der Waals surface area contributed by atoms with Crippen molar-refractivity contribution in [3.63, 3.8) is 0 Å². The SMILES string of the molecule is Cc1nc(CNC(C)c2cc(O)cc(O)c2)no1. The van der Waals surface area contributed by atoms with Gasteiger partial charge in [-0.2, -0.15) is 4.98 Å². The summed E-state index contributed by atoms with van der Waals surface area (Å²) in [5.41, 5.74) is 0.785. The molecule has 6 heteroatoms. The summed E-state index contributed by atoms with van der Waals surface area (Å²) < 4.78 is 4.86. The molecule has 0 bridgehead atoms. The molecule has 6 nitrogen and oxygen atoms in total. The minimum atomic E-state index is -0.0539. The van der Waals surface area contributed by atoms with Crippen molar-refractivity contribution in [1.82, 2.24) is 15.5 Å². The highest BCUT2D eigenvalue weighted by molar-refractivity contribution is 5.37. The Balaban J connectivity index is 2.01. The fraction of sp³-hybridized carbons (Fsp3) is 0.333. The lowest BCUT2D eigenvalue weighted by Gasteiger charge is -2.13. The van der Waals surface area contributed by atoms with Crippen LogP contribution in [0.3, 0.4) is 0 Å². The minimum Gasteiger partial charge on any atom is -0.508 e. The van der Waals surface area contributed by atoms with Crippen molar-refractivity contribution in [3.05, 3.63) is 35.5 Å². The van der Waals surface area contributed by atoms with E-state index >= 15 is 0 Å². The topological polar surface area (TPSA) is 91.4 Å². The third-order valence-electron chi connectivity index (χ3n) is 2.56. The molecule has 0 aliphatic heterocycles. The van der Waals surface area contributed by atoms with E-state index in [1.165, 1.54) is 6.07 Å². The Hall–Kier alpha value is -2.08. The van der Waals surface area contributed by atoms with Crippen LogP contribution in [0.2, 0.25) is 0 Å². The summed E-state index contributed by atoms with van der Waals surface area (Å²) in [5, 5.41) is 25.8. The zero-order valence-corrected chi connectivity index (χ0v) is 10.2. The van der Waals surface area contributed by atoms with Crippen molar-refractivity contribution in [1.29, 1.82) is 0 Å². The van der Waals surface area contributed by atoms with Gasteiger partial charge in [-0.15, -0.1) is 0 Å². The van der Waals surface area contributed by atoms with Crippen LogP contribution >= 0.6 is 0 Å². The number of aromatic nitrogens is 2. The number of nitrogens with one attached hydrogen (secondary N) is 1. The molecule has 0 fully saturated rings. The Bertz CT molecular complexity index is 519. The molecule has 96 valence electrons. The number of rotatable bonds is 4. The van der Waals surface area contributed by atoms with E-state index in [9.17, 15) is 10.2 Å². The molecule has 2 aromatic rings. The lowest BCUT2D eigenvalue weighted by Crippen LogP contribution is -2.18. The normalized spacial score (nSPS) is 12.6. The van der Waals surface area contributed by atoms with Crippen molar-refractivity contribution < 1.29 is 14.7 Å². The molecule has 0 aliphatic carbocycles. The smallest absolute Gasteiger partial charge is 0.223 e. The van der Waals surface area contributed by atoms with Crippen LogP contribution in [0, 0.1) is 6.92 Å². The predicted molar refractivity (Wildman–Crippen MR) is 64.1 cm³/mol. The molecule has 0 amide bonds. The largest absolute Gasteiger partial charge is 0.508 e. The fourth-order valence-corrected chi connectivity index (χ4v) is 1.64. The van der Waals surface area contributed by atoms with E-state index in [4.69, 9.17) is 4.52 Å². The van der Waals surface area contributed by atoms with Crippen LogP contribution in [0.4, 0.5) is 0 Å². The van der Waals surface area contributed by atoms with Crippen molar-refractivity contribution in [2.75, 3.05) is 0 Å². The first-order chi connectivity index (χ1) is 8.54. The molecule has 3 N–H and O–H groups in total. The lowest BCUT2D eigenvalue weighted by atomic mass is 10.1. The van der Waals surface area contributed by atoms with Gasteiger partial charge in [0.25, 0.3) is 0 Å². The monoisotopic (exact) mass is 249 g/mol. The number of phenolic OH excluding ortho intramolecular Hbond substituents is 2. The molecule has 0 aliphatic rings. The average Bonchev–Trinajstić information content (AvgIpc) is 2.70. The molecule has 0 saturated carbocycles. The van der Waals surface area contributed by atoms with Gasteiger partial charge < -0.3 is 20.1 Å². The molecule has 18 heavy (non-hydrogen) atoms. The van der Waals surface area contributed by atoms with Crippen molar-refractivity contribution >= 4 is 0 Å². The quantitative estimate of drug-likeness (QED) is 0.763. The van der Waals surface area contributed by atoms with E-state index in [0.29, 0.717) is 18.3 Å². The molecule has 0 radical (unpaired) electrons. The summed E-state index contributed by atoms with van der Waals surface area (Å²) in [7, 11) is 0. The van der Waals surface area contributed by atoms with Gasteiger partial charge in [0.2, 0.25) is 5.89 Å². The number of phenols is 2. The predicted octanol–water partition coefficient (Wildman–Crippen LogP) is 1.64. The number of aryl methyl sites for hydroxylation is 1. The second kappa shape index (κ2) is 5.05. The van der Waals surface area contributed by atoms with Crippen LogP contribution in [0.15, 0.2) is 22.7 Å². The number of hydrogen-bond acceptors (Lipinski definition) is 6. The standard InChI is InChI=1S/C12H15N3O3/c1-7(9-3-10(16)5-11(17)4-9)13-6-12-14-8(2)18-15-12/h3-5,7,13,16-17H,6H2,1-2H3. The molecular weight excluding hydrogens is 234 g/mol. The number of benzene rings is 1. The number of nitrogens with zero attached hydrogens (tertiary/aromatic N) is 2. The molecule has 0 spiro atoms. The van der Waals surface area contributed by atoms with Crippen LogP contribution in [-0.2, 0) is 6.54 Å². The van der Waals surface area contributed by atoms with Gasteiger partial charge in [0.1, 0.15) is 11.5 Å². The van der Waals surface area contributed by atoms with Crippen molar-refractivity contribution in [2.24, 2.45) is 0 Å². The third-order valence-corrected chi connectivity index (χ3v) is 2.56. The zero-order chi connectivity index (χ0) is 13.1. The van der Waals surface area contributed by atoms with Gasteiger partial charge in [-0.25, -0.2) is 0 Å². The maximum absolute atomic E-state index is 9.40. The number of hydrogen-bond donors (Lipinski definition) is 3. The van der Waals surface area contributed by atoms with E-state index in [-0.39, 0.29) is 17.5 Å². The van der Waals surface area contributed by atoms with Crippen LogP contribution in [0.1, 0.15) is 30.2 Å². The van der Waals surface area contributed by atoms with E-state index in [1.807, 2.05) is 6.92 Å². The maximum atomic E-state index is 9.40. The van der Waals surface area contributed by atoms with Gasteiger partial charge >= 0.3 is 0 Å². The molecule has 1 aromatic carbocycles. The van der Waals surface area contributed by atoms with E-state index in [1.54, 1.807) is 19.1 Å². The summed E-state index contributed by atoms with van der Waals surface area (Å²) in [6.45, 7) is 4.10. The van der Waals surface area contributed by atoms with Crippen LogP contribution in [-0.4, -0.2) is 20.4 Å². The summed E-state index contributed by atoms with van der Waals surface area (Å²) in [4.78, 5) is 4.07. The summed E-state index contributed by atoms with van der Waals surface area (Å²) >= 11 is 0. The first kappa shape index (κ1) is 12.4. The highest BCUT2D eigenvalue weighted by Gasteiger charge is 2.09. The van der Waals surface area contributed by atoms with Crippen LogP contribution in [0.25, 0.3) is 0 Å². The van der Waals surface area contributed by atoms with E-state index < -0.39 is 0 Å². The summed E-state index contributed by atoms with van der Waals surface area (Å²) in [5.74, 6) is 1.17. The second-order valence-electron chi connectivity index (χ2n) is 4.11. The average molecular weight is 249 g/mol. The molecule has 1 aromatic heterocycles. The highest BCUT2D eigenvalue weighted by atomic mass is 16.5. The van der Waals surface area contributed by atoms with Gasteiger partial charge in [0, 0.05) is 19.0 Å². The Morgan fingerprint density at radius 3 is 2.50 bits per heavy atom. The molecule has 1 heterocycles. The second-order valence-corrected chi connectivity index (χ2v) is 4.11. The Kier molecular flexibility index (Phi) is 3.47. The Morgan fingerprint density at radius 2 is 1.94 bits per heavy atom. The van der Waals surface area contributed by atoms with E-state index in [0.717, 1.165) is 5.56 Å². The van der Waals surface area contributed by atoms with Gasteiger partial charge in [0.05, 0.1) is 6.54 Å². The lowest BCUT2D eigenvalue weighted by molar-refractivity contribution is 0.384. The van der Waals surface area contributed by atoms with Gasteiger partial charge in [-0.1, -0.05) is 5.16 Å². The third kappa shape index (κ3) is 2.98. The number of aromatic hydroxyl groups is 2. The highest BCUT2D eigenvalue weighted by Crippen LogP contribution is 2.24. The van der Waals surface area contributed by atoms with Gasteiger partial charge in [-0.05, 0) is 24.6 Å². The molecule has 0 saturated heterocycles. The van der Waals surface area contributed by atoms with Crippen LogP contribution < -0.4 is 5.32 Å². The Morgan fingerprint density at radius 1 is 1.28 bits per heavy atom. The molecule has 2 rings (SSSR count). The fourth-order valence-electron chi connectivity index (χ4n) is 1.64. The van der Waals surface area contributed by atoms with Gasteiger partial charge in [0.15, 0.2) is 5.82 Å². The maximum Gasteiger partial charge on any atom is 0.223 e. The molecular formula is C12H15N3O3. The molecule has 1 unspecified atom stereocenters. The Labute approximate surface area is 104 Å². The van der Waals surface area contributed by atoms with Crippen molar-refractivity contribution in [3.8, 4) is 11.5 Å². The first-order valence-corrected chi connectivity index (χ1v) is 5.60. The molecule has 1 atom stereocenters. The van der Waals surface area contributed by atoms with Gasteiger partial charge in [-0.3, -0.25) is 0 Å². The summed E-state index contributed by atoms with van der Waals surface area (Å²) in [6, 6.07) is 4.43. The van der Waals surface area contributed by atoms with E-state index in [2.05, 4.69) is 15.5 Å². The zero-order valence-electron chi connectivity index (χ0n) is 10.2. The summed E-state index contributed by atoms with van der Waals surface area (Å²) in [6.07, 6.45) is 0. The van der Waals surface area contributed by atoms with Crippen LogP contribution in [0.5, 0.6) is 11.5 Å².